The van der Waals surface area contributed by atoms with Crippen LogP contribution < -0.4 is 10.6 Å². The molecule has 0 aromatic heterocycles. The van der Waals surface area contributed by atoms with Gasteiger partial charge in [0.1, 0.15) is 0 Å². The molecule has 2 heterocycles. The Morgan fingerprint density at radius 1 is 1.18 bits per heavy atom. The molecule has 2 aliphatic heterocycles. The van der Waals surface area contributed by atoms with Crippen molar-refractivity contribution >= 4 is 22.9 Å². The molecule has 0 bridgehead atoms. The van der Waals surface area contributed by atoms with Gasteiger partial charge < -0.3 is 10.6 Å². The molecule has 1 saturated heterocycles. The summed E-state index contributed by atoms with van der Waals surface area (Å²) in [5, 5.41) is 6.74. The number of hydrogen-bond acceptors (Lipinski definition) is 4. The second-order valence-corrected chi connectivity index (χ2v) is 8.79. The molecule has 3 aliphatic rings. The molecule has 1 aromatic carbocycles. The minimum absolute atomic E-state index is 0.0153. The average molecular weight is 402 g/mol. The molecule has 28 heavy (non-hydrogen) atoms. The Morgan fingerprint density at radius 3 is 2.46 bits per heavy atom. The minimum atomic E-state index is -0.184. The zero-order chi connectivity index (χ0) is 19.9. The lowest BCUT2D eigenvalue weighted by molar-refractivity contribution is 0.0627. The van der Waals surface area contributed by atoms with Gasteiger partial charge in [-0.1, -0.05) is 30.3 Å². The van der Waals surface area contributed by atoms with Crippen LogP contribution in [0.2, 0.25) is 0 Å². The predicted octanol–water partition coefficient (Wildman–Crippen LogP) is 3.21. The van der Waals surface area contributed by atoms with Crippen molar-refractivity contribution in [3.63, 3.8) is 0 Å². The number of hydrogen-bond donors (Lipinski definition) is 2. The van der Waals surface area contributed by atoms with Gasteiger partial charge in [-0.2, -0.15) is 0 Å². The molecule has 1 unspecified atom stereocenters. The van der Waals surface area contributed by atoms with Crippen LogP contribution in [0.4, 0.5) is 4.79 Å². The summed E-state index contributed by atoms with van der Waals surface area (Å²) in [5.41, 5.74) is 2.05. The molecule has 4 rings (SSSR count). The molecule has 1 saturated carbocycles. The predicted molar refractivity (Wildman–Crippen MR) is 112 cm³/mol. The highest BCUT2D eigenvalue weighted by molar-refractivity contribution is 6.64. The molecule has 150 valence electrons. The average Bonchev–Trinajstić information content (AvgIpc) is 2.99. The lowest BCUT2D eigenvalue weighted by atomic mass is 9.69. The van der Waals surface area contributed by atoms with Gasteiger partial charge in [0.25, 0.3) is 0 Å². The van der Waals surface area contributed by atoms with E-state index in [1.165, 1.54) is 5.56 Å². The van der Waals surface area contributed by atoms with Crippen LogP contribution in [0.3, 0.4) is 0 Å². The third-order valence-corrected chi connectivity index (χ3v) is 6.89. The van der Waals surface area contributed by atoms with Gasteiger partial charge in [0.05, 0.1) is 30.0 Å². The Labute approximate surface area is 171 Å². The molecule has 2 fully saturated rings. The molecule has 1 atom stereocenters. The number of amidine groups is 1. The number of carbonyl (C=O) groups is 1. The van der Waals surface area contributed by atoms with Crippen molar-refractivity contribution in [2.45, 2.75) is 49.7 Å². The maximum absolute atomic E-state index is 12.8. The van der Waals surface area contributed by atoms with Crippen molar-refractivity contribution in [2.75, 3.05) is 20.6 Å². The van der Waals surface area contributed by atoms with Crippen LogP contribution >= 0.6 is 11.6 Å². The lowest BCUT2D eigenvalue weighted by Gasteiger charge is -2.48. The van der Waals surface area contributed by atoms with Gasteiger partial charge in [-0.3, -0.25) is 9.80 Å². The first kappa shape index (κ1) is 19.3. The van der Waals surface area contributed by atoms with Crippen LogP contribution in [0.5, 0.6) is 0 Å². The van der Waals surface area contributed by atoms with E-state index in [0.29, 0.717) is 11.8 Å². The number of halogens is 1. The second kappa shape index (κ2) is 7.08. The first-order valence-corrected chi connectivity index (χ1v) is 10.3. The maximum Gasteiger partial charge on any atom is 0.322 e. The molecule has 1 aromatic rings. The number of urea groups is 1. The topological polar surface area (TPSA) is 60.0 Å². The van der Waals surface area contributed by atoms with E-state index in [2.05, 4.69) is 65.0 Å². The fourth-order valence-electron chi connectivity index (χ4n) is 4.91. The van der Waals surface area contributed by atoms with Gasteiger partial charge >= 0.3 is 6.03 Å². The lowest BCUT2D eigenvalue weighted by Crippen LogP contribution is -2.54. The molecule has 2 amide bonds. The standard InChI is InChI=1S/C21H28ClN5O/c1-15-17(13-23-18(22)24-15)27-14-20(25-19(27)28)9-11-21(12-10-20,26(2)3)16-7-5-4-6-8-16/h4-8,13,15H,9-12,14H2,1-3H3,(H,23,24)(H,25,28)/t15?,20-,21+. The fourth-order valence-corrected chi connectivity index (χ4v) is 5.12. The van der Waals surface area contributed by atoms with E-state index in [1.54, 1.807) is 6.20 Å². The van der Waals surface area contributed by atoms with E-state index in [-0.39, 0.29) is 23.2 Å². The summed E-state index contributed by atoms with van der Waals surface area (Å²) in [5.74, 6) is 0. The summed E-state index contributed by atoms with van der Waals surface area (Å²) in [6.45, 7) is 2.67. The largest absolute Gasteiger partial charge is 0.352 e. The highest BCUT2D eigenvalue weighted by Crippen LogP contribution is 2.46. The number of carbonyl (C=O) groups excluding carboxylic acids is 1. The third-order valence-electron chi connectivity index (χ3n) is 6.68. The zero-order valence-corrected chi connectivity index (χ0v) is 17.5. The van der Waals surface area contributed by atoms with Crippen molar-refractivity contribution in [1.29, 1.82) is 0 Å². The Hall–Kier alpha value is -2.05. The second-order valence-electron chi connectivity index (χ2n) is 8.43. The molecular formula is C21H28ClN5O. The Balaban J connectivity index is 1.54. The SMILES string of the molecule is CC1NC(Cl)=NC=C1N1C[C@]2(CC[C@](c3ccccc3)(N(C)C)CC2)NC1=O. The van der Waals surface area contributed by atoms with Crippen LogP contribution in [-0.2, 0) is 5.54 Å². The molecule has 2 N–H and O–H groups in total. The minimum Gasteiger partial charge on any atom is -0.352 e. The van der Waals surface area contributed by atoms with Crippen molar-refractivity contribution in [2.24, 2.45) is 4.99 Å². The molecule has 1 aliphatic carbocycles. The smallest absolute Gasteiger partial charge is 0.322 e. The third kappa shape index (κ3) is 3.18. The first-order chi connectivity index (χ1) is 13.4. The summed E-state index contributed by atoms with van der Waals surface area (Å²) in [6, 6.07) is 10.6. The van der Waals surface area contributed by atoms with E-state index >= 15 is 0 Å². The Kier molecular flexibility index (Phi) is 4.88. The zero-order valence-electron chi connectivity index (χ0n) is 16.7. The number of amides is 2. The van der Waals surface area contributed by atoms with Crippen LogP contribution in [0.15, 0.2) is 47.2 Å². The van der Waals surface area contributed by atoms with E-state index < -0.39 is 0 Å². The van der Waals surface area contributed by atoms with Gasteiger partial charge in [-0.05, 0) is 63.9 Å². The number of nitrogens with one attached hydrogen (secondary N) is 2. The highest BCUT2D eigenvalue weighted by Gasteiger charge is 2.51. The number of benzene rings is 1. The highest BCUT2D eigenvalue weighted by atomic mass is 35.5. The van der Waals surface area contributed by atoms with Crippen LogP contribution in [-0.4, -0.2) is 53.3 Å². The summed E-state index contributed by atoms with van der Waals surface area (Å²) in [7, 11) is 4.32. The van der Waals surface area contributed by atoms with Gasteiger partial charge in [0, 0.05) is 5.54 Å². The van der Waals surface area contributed by atoms with Crippen molar-refractivity contribution in [1.82, 2.24) is 20.4 Å². The Morgan fingerprint density at radius 2 is 1.86 bits per heavy atom. The molecule has 7 heteroatoms. The fraction of sp³-hybridized carbons (Fsp3) is 0.524. The number of rotatable bonds is 3. The van der Waals surface area contributed by atoms with E-state index in [1.807, 2.05) is 11.8 Å². The molecule has 1 spiro atoms. The van der Waals surface area contributed by atoms with Gasteiger partial charge in [0.2, 0.25) is 0 Å². The van der Waals surface area contributed by atoms with Gasteiger partial charge in [-0.25, -0.2) is 9.79 Å². The maximum atomic E-state index is 12.8. The molecule has 0 radical (unpaired) electrons. The van der Waals surface area contributed by atoms with E-state index in [9.17, 15) is 4.79 Å². The first-order valence-electron chi connectivity index (χ1n) is 9.88. The normalized spacial score (nSPS) is 32.8. The number of nitrogens with zero attached hydrogens (tertiary/aromatic N) is 3. The molecular weight excluding hydrogens is 374 g/mol. The van der Waals surface area contributed by atoms with Crippen molar-refractivity contribution < 1.29 is 4.79 Å². The van der Waals surface area contributed by atoms with Gasteiger partial charge in [0.15, 0.2) is 5.29 Å². The van der Waals surface area contributed by atoms with Crippen LogP contribution in [0.1, 0.15) is 38.2 Å². The van der Waals surface area contributed by atoms with E-state index in [4.69, 9.17) is 11.6 Å². The van der Waals surface area contributed by atoms with Crippen molar-refractivity contribution in [3.8, 4) is 0 Å². The quantitative estimate of drug-likeness (QED) is 0.764. The Bertz CT molecular complexity index is 811. The summed E-state index contributed by atoms with van der Waals surface area (Å²) in [6.07, 6.45) is 5.62. The summed E-state index contributed by atoms with van der Waals surface area (Å²) in [4.78, 5) is 21.1. The van der Waals surface area contributed by atoms with Crippen molar-refractivity contribution in [3.05, 3.63) is 47.8 Å². The molecule has 6 nitrogen and oxygen atoms in total. The van der Waals surface area contributed by atoms with E-state index in [0.717, 1.165) is 31.4 Å². The summed E-state index contributed by atoms with van der Waals surface area (Å²) >= 11 is 5.95. The van der Waals surface area contributed by atoms with Crippen LogP contribution in [0.25, 0.3) is 0 Å². The summed E-state index contributed by atoms with van der Waals surface area (Å²) < 4.78 is 0. The monoisotopic (exact) mass is 401 g/mol. The van der Waals surface area contributed by atoms with Gasteiger partial charge in [-0.15, -0.1) is 0 Å². The van der Waals surface area contributed by atoms with Crippen LogP contribution in [0, 0.1) is 0 Å². The number of aliphatic imine (C=N–C) groups is 1.